The largest absolute Gasteiger partial charge is 0.478 e. The molecule has 2 heterocycles. The van der Waals surface area contributed by atoms with Gasteiger partial charge in [0.1, 0.15) is 5.82 Å². The normalized spacial score (nSPS) is 10.8. The Kier molecular flexibility index (Phi) is 4.90. The number of aromatic nitrogens is 1. The summed E-state index contributed by atoms with van der Waals surface area (Å²) in [5.41, 5.74) is 0.809. The first kappa shape index (κ1) is 14.3. The van der Waals surface area contributed by atoms with Crippen molar-refractivity contribution in [2.75, 3.05) is 18.5 Å². The van der Waals surface area contributed by atoms with E-state index in [0.29, 0.717) is 0 Å². The highest BCUT2D eigenvalue weighted by atomic mass is 32.1. The van der Waals surface area contributed by atoms with Crippen LogP contribution in [0, 0.1) is 0 Å². The lowest BCUT2D eigenvalue weighted by Gasteiger charge is -2.19. The van der Waals surface area contributed by atoms with Crippen LogP contribution >= 0.6 is 11.3 Å². The van der Waals surface area contributed by atoms with Crippen molar-refractivity contribution in [3.8, 4) is 0 Å². The van der Waals surface area contributed by atoms with Gasteiger partial charge in [-0.3, -0.25) is 0 Å². The molecule has 1 N–H and O–H groups in total. The van der Waals surface area contributed by atoms with E-state index in [2.05, 4.69) is 16.4 Å². The molecule has 0 amide bonds. The van der Waals surface area contributed by atoms with E-state index in [0.717, 1.165) is 30.4 Å². The summed E-state index contributed by atoms with van der Waals surface area (Å²) < 4.78 is 0. The lowest BCUT2D eigenvalue weighted by atomic mass is 10.2. The molecule has 0 atom stereocenters. The molecule has 20 heavy (non-hydrogen) atoms. The van der Waals surface area contributed by atoms with Gasteiger partial charge >= 0.3 is 5.97 Å². The van der Waals surface area contributed by atoms with Crippen LogP contribution < -0.4 is 4.90 Å². The van der Waals surface area contributed by atoms with Crippen LogP contribution in [0.1, 0.15) is 10.4 Å². The average Bonchev–Trinajstić information content (AvgIpc) is 2.96. The Hall–Kier alpha value is -2.14. The molecule has 0 radical (unpaired) electrons. The molecule has 0 aliphatic carbocycles. The van der Waals surface area contributed by atoms with Crippen LogP contribution in [-0.2, 0) is 11.2 Å². The van der Waals surface area contributed by atoms with E-state index in [4.69, 9.17) is 5.11 Å². The van der Waals surface area contributed by atoms with Crippen LogP contribution in [0.2, 0.25) is 0 Å². The third-order valence-corrected chi connectivity index (χ3v) is 3.79. The number of aliphatic carboxylic acids is 1. The number of thiophene rings is 1. The van der Waals surface area contributed by atoms with Crippen LogP contribution in [0.5, 0.6) is 0 Å². The van der Waals surface area contributed by atoms with Crippen molar-refractivity contribution >= 4 is 29.2 Å². The van der Waals surface area contributed by atoms with Crippen LogP contribution in [0.3, 0.4) is 0 Å². The average molecular weight is 288 g/mol. The Morgan fingerprint density at radius 1 is 1.45 bits per heavy atom. The second-order valence-corrected chi connectivity index (χ2v) is 5.37. The number of hydrogen-bond acceptors (Lipinski definition) is 4. The first-order chi connectivity index (χ1) is 9.66. The van der Waals surface area contributed by atoms with Gasteiger partial charge in [0, 0.05) is 36.3 Å². The molecule has 0 bridgehead atoms. The van der Waals surface area contributed by atoms with E-state index in [1.165, 1.54) is 4.88 Å². The van der Waals surface area contributed by atoms with E-state index in [9.17, 15) is 4.79 Å². The number of hydrogen-bond donors (Lipinski definition) is 1. The van der Waals surface area contributed by atoms with Gasteiger partial charge in [0.15, 0.2) is 0 Å². The zero-order chi connectivity index (χ0) is 14.4. The first-order valence-electron chi connectivity index (χ1n) is 6.26. The maximum absolute atomic E-state index is 10.6. The monoisotopic (exact) mass is 288 g/mol. The second-order valence-electron chi connectivity index (χ2n) is 4.34. The Labute approximate surface area is 122 Å². The Morgan fingerprint density at radius 3 is 3.00 bits per heavy atom. The molecule has 0 spiro atoms. The van der Waals surface area contributed by atoms with Gasteiger partial charge in [-0.1, -0.05) is 6.07 Å². The van der Waals surface area contributed by atoms with Crippen LogP contribution in [0.4, 0.5) is 5.82 Å². The molecule has 0 saturated carbocycles. The lowest BCUT2D eigenvalue weighted by molar-refractivity contribution is -0.131. The van der Waals surface area contributed by atoms with E-state index in [1.807, 2.05) is 24.1 Å². The van der Waals surface area contributed by atoms with E-state index >= 15 is 0 Å². The summed E-state index contributed by atoms with van der Waals surface area (Å²) in [6.07, 6.45) is 5.38. The number of likely N-dealkylation sites (N-methyl/N-ethyl adjacent to an activating group) is 1. The SMILES string of the molecule is CN(CCc1cccs1)c1ncccc1/C=C/C(=O)O. The molecule has 2 aromatic heterocycles. The molecule has 2 aromatic rings. The van der Waals surface area contributed by atoms with Crippen molar-refractivity contribution in [2.45, 2.75) is 6.42 Å². The Balaban J connectivity index is 2.08. The zero-order valence-electron chi connectivity index (χ0n) is 11.2. The molecule has 0 unspecified atom stereocenters. The van der Waals surface area contributed by atoms with Gasteiger partial charge in [-0.05, 0) is 36.1 Å². The predicted octanol–water partition coefficient (Wildman–Crippen LogP) is 2.92. The van der Waals surface area contributed by atoms with Crippen molar-refractivity contribution in [2.24, 2.45) is 0 Å². The summed E-state index contributed by atoms with van der Waals surface area (Å²) >= 11 is 1.74. The molecule has 0 aliphatic heterocycles. The number of pyridine rings is 1. The summed E-state index contributed by atoms with van der Waals surface area (Å²) in [5, 5.41) is 10.8. The summed E-state index contributed by atoms with van der Waals surface area (Å²) in [7, 11) is 1.97. The molecule has 104 valence electrons. The maximum Gasteiger partial charge on any atom is 0.328 e. The third-order valence-electron chi connectivity index (χ3n) is 2.86. The highest BCUT2D eigenvalue weighted by Gasteiger charge is 2.07. The number of carboxylic acids is 1. The molecule has 0 fully saturated rings. The van der Waals surface area contributed by atoms with Crippen molar-refractivity contribution in [1.29, 1.82) is 0 Å². The van der Waals surface area contributed by atoms with Gasteiger partial charge in [0.05, 0.1) is 0 Å². The minimum absolute atomic E-state index is 0.793. The van der Waals surface area contributed by atoms with Crippen LogP contribution in [0.25, 0.3) is 6.08 Å². The van der Waals surface area contributed by atoms with Crippen molar-refractivity contribution in [3.05, 3.63) is 52.4 Å². The van der Waals surface area contributed by atoms with E-state index in [1.54, 1.807) is 29.7 Å². The minimum Gasteiger partial charge on any atom is -0.478 e. The summed E-state index contributed by atoms with van der Waals surface area (Å²) in [4.78, 5) is 18.3. The predicted molar refractivity (Wildman–Crippen MR) is 82.2 cm³/mol. The highest BCUT2D eigenvalue weighted by molar-refractivity contribution is 7.09. The molecule has 0 saturated heterocycles. The topological polar surface area (TPSA) is 53.4 Å². The smallest absolute Gasteiger partial charge is 0.328 e. The Bertz CT molecular complexity index is 594. The lowest BCUT2D eigenvalue weighted by Crippen LogP contribution is -2.22. The van der Waals surface area contributed by atoms with Gasteiger partial charge in [-0.2, -0.15) is 0 Å². The third kappa shape index (κ3) is 3.93. The summed E-state index contributed by atoms with van der Waals surface area (Å²) in [5.74, 6) is -0.164. The number of carbonyl (C=O) groups is 1. The van der Waals surface area contributed by atoms with Crippen molar-refractivity contribution in [1.82, 2.24) is 4.98 Å². The standard InChI is InChI=1S/C15H16N2O2S/c1-17(10-8-13-5-3-11-20-13)15-12(4-2-9-16-15)6-7-14(18)19/h2-7,9,11H,8,10H2,1H3,(H,18,19)/b7-6+. The number of nitrogens with zero attached hydrogens (tertiary/aromatic N) is 2. The first-order valence-corrected chi connectivity index (χ1v) is 7.14. The Morgan fingerprint density at radius 2 is 2.30 bits per heavy atom. The van der Waals surface area contributed by atoms with Crippen molar-refractivity contribution < 1.29 is 9.90 Å². The molecule has 0 aromatic carbocycles. The zero-order valence-corrected chi connectivity index (χ0v) is 12.0. The fraction of sp³-hybridized carbons (Fsp3) is 0.200. The van der Waals surface area contributed by atoms with Gasteiger partial charge < -0.3 is 10.0 Å². The number of rotatable bonds is 6. The minimum atomic E-state index is -0.957. The maximum atomic E-state index is 10.6. The van der Waals surface area contributed by atoms with Crippen molar-refractivity contribution in [3.63, 3.8) is 0 Å². The van der Waals surface area contributed by atoms with Gasteiger partial charge in [0.25, 0.3) is 0 Å². The molecule has 2 rings (SSSR count). The number of anilines is 1. The molecular weight excluding hydrogens is 272 g/mol. The van der Waals surface area contributed by atoms with Crippen LogP contribution in [0.15, 0.2) is 41.9 Å². The fourth-order valence-corrected chi connectivity index (χ4v) is 2.56. The summed E-state index contributed by atoms with van der Waals surface area (Å²) in [6.45, 7) is 0.839. The van der Waals surface area contributed by atoms with E-state index in [-0.39, 0.29) is 0 Å². The molecular formula is C15H16N2O2S. The second kappa shape index (κ2) is 6.86. The van der Waals surface area contributed by atoms with E-state index < -0.39 is 5.97 Å². The fourth-order valence-electron chi connectivity index (χ4n) is 1.86. The molecule has 0 aliphatic rings. The van der Waals surface area contributed by atoms with Crippen LogP contribution in [-0.4, -0.2) is 29.7 Å². The highest BCUT2D eigenvalue weighted by Crippen LogP contribution is 2.18. The summed E-state index contributed by atoms with van der Waals surface area (Å²) in [6, 6.07) is 7.82. The van der Waals surface area contributed by atoms with Gasteiger partial charge in [-0.15, -0.1) is 11.3 Å². The van der Waals surface area contributed by atoms with Gasteiger partial charge in [-0.25, -0.2) is 9.78 Å². The number of carboxylic acid groups (broad SMARTS) is 1. The van der Waals surface area contributed by atoms with Gasteiger partial charge in [0.2, 0.25) is 0 Å². The molecule has 5 heteroatoms. The quantitative estimate of drug-likeness (QED) is 0.830. The molecule has 4 nitrogen and oxygen atoms in total.